The number of Topliss-reactive ketones (excluding diaryl/α,β-unsaturated/α-hetero) is 2. The van der Waals surface area contributed by atoms with E-state index in [1.165, 1.54) is 32.9 Å². The Balaban J connectivity index is 1.48. The molecule has 3 nitrogen and oxygen atoms in total. The van der Waals surface area contributed by atoms with Gasteiger partial charge in [-0.1, -0.05) is 62.4 Å². The van der Waals surface area contributed by atoms with Crippen LogP contribution in [0.3, 0.4) is 0 Å². The fourth-order valence-corrected chi connectivity index (χ4v) is 7.29. The van der Waals surface area contributed by atoms with Crippen LogP contribution in [0.2, 0.25) is 0 Å². The molecule has 4 heteroatoms. The van der Waals surface area contributed by atoms with E-state index in [2.05, 4.69) is 66.9 Å². The third-order valence-corrected chi connectivity index (χ3v) is 8.90. The molecule has 0 bridgehead atoms. The molecule has 0 radical (unpaired) electrons. The van der Waals surface area contributed by atoms with Crippen LogP contribution >= 0.6 is 11.3 Å². The summed E-state index contributed by atoms with van der Waals surface area (Å²) in [4.78, 5) is 27.6. The highest BCUT2D eigenvalue weighted by molar-refractivity contribution is 7.15. The number of allylic oxidation sites excluding steroid dienone is 1. The first kappa shape index (κ1) is 20.6. The monoisotopic (exact) mass is 473 g/mol. The minimum atomic E-state index is -0.202. The van der Waals surface area contributed by atoms with Gasteiger partial charge in [0, 0.05) is 32.2 Å². The van der Waals surface area contributed by atoms with Crippen molar-refractivity contribution < 1.29 is 9.59 Å². The summed E-state index contributed by atoms with van der Waals surface area (Å²) in [7, 11) is 0. The lowest BCUT2D eigenvalue weighted by atomic mass is 9.76. The van der Waals surface area contributed by atoms with Crippen LogP contribution in [0.25, 0.3) is 32.9 Å². The van der Waals surface area contributed by atoms with E-state index in [9.17, 15) is 9.59 Å². The van der Waals surface area contributed by atoms with Gasteiger partial charge in [0.2, 0.25) is 0 Å². The molecule has 0 amide bonds. The van der Waals surface area contributed by atoms with E-state index in [-0.39, 0.29) is 22.6 Å². The molecular weight excluding hydrogens is 450 g/mol. The zero-order chi connectivity index (χ0) is 24.2. The fraction of sp³-hybridized carbons (Fsp3) is 0.161. The molecule has 0 saturated carbocycles. The van der Waals surface area contributed by atoms with Crippen molar-refractivity contribution in [1.82, 2.24) is 4.57 Å². The maximum Gasteiger partial charge on any atom is 0.198 e. The van der Waals surface area contributed by atoms with Gasteiger partial charge in [-0.05, 0) is 54.3 Å². The van der Waals surface area contributed by atoms with Crippen molar-refractivity contribution in [2.24, 2.45) is 0 Å². The lowest BCUT2D eigenvalue weighted by Gasteiger charge is -2.32. The van der Waals surface area contributed by atoms with Gasteiger partial charge in [-0.2, -0.15) is 0 Å². The van der Waals surface area contributed by atoms with E-state index in [4.69, 9.17) is 0 Å². The van der Waals surface area contributed by atoms with Crippen molar-refractivity contribution >= 4 is 50.8 Å². The summed E-state index contributed by atoms with van der Waals surface area (Å²) >= 11 is 1.65. The molecule has 3 heterocycles. The summed E-state index contributed by atoms with van der Waals surface area (Å²) in [6.07, 6.45) is 1.82. The van der Waals surface area contributed by atoms with Crippen molar-refractivity contribution in [2.45, 2.75) is 33.1 Å². The van der Waals surface area contributed by atoms with E-state index in [1.54, 1.807) is 11.3 Å². The number of thiophene rings is 1. The fourth-order valence-electron chi connectivity index (χ4n) is 6.01. The second-order valence-corrected chi connectivity index (χ2v) is 11.3. The quantitative estimate of drug-likeness (QED) is 0.186. The number of carbonyl (C=O) groups is 2. The zero-order valence-electron chi connectivity index (χ0n) is 20.0. The normalized spacial score (nSPS) is 15.7. The van der Waals surface area contributed by atoms with Crippen LogP contribution in [0.15, 0.2) is 66.2 Å². The third-order valence-electron chi connectivity index (χ3n) is 7.83. The van der Waals surface area contributed by atoms with Crippen LogP contribution in [0, 0.1) is 13.8 Å². The van der Waals surface area contributed by atoms with Gasteiger partial charge in [0.25, 0.3) is 0 Å². The van der Waals surface area contributed by atoms with Crippen molar-refractivity contribution in [2.75, 3.05) is 0 Å². The Morgan fingerprint density at radius 2 is 1.46 bits per heavy atom. The molecular formula is C31H23NO2S. The lowest BCUT2D eigenvalue weighted by Crippen LogP contribution is -2.24. The summed E-state index contributed by atoms with van der Waals surface area (Å²) in [5.41, 5.74) is 7.85. The molecule has 3 aromatic carbocycles. The number of ketones is 2. The van der Waals surface area contributed by atoms with Gasteiger partial charge in [0.05, 0.1) is 16.6 Å². The summed E-state index contributed by atoms with van der Waals surface area (Å²) < 4.78 is 2.37. The highest BCUT2D eigenvalue weighted by Gasteiger charge is 2.38. The standard InChI is InChI=1S/C31H23NO2S/c1-16-12-13-17(2)26-25(16)28(33)21(29(26)34)14-18-15-23-30(35-18)32-24-11-6-5-8-19(24)20-9-7-10-22(27(20)32)31(23,3)4/h5-15H,1-4H3. The average Bonchev–Trinajstić information content (AvgIpc) is 3.49. The first-order valence-corrected chi connectivity index (χ1v) is 12.7. The highest BCUT2D eigenvalue weighted by Crippen LogP contribution is 2.50. The van der Waals surface area contributed by atoms with Gasteiger partial charge in [-0.3, -0.25) is 9.59 Å². The predicted octanol–water partition coefficient (Wildman–Crippen LogP) is 7.56. The maximum absolute atomic E-state index is 13.3. The number of rotatable bonds is 1. The van der Waals surface area contributed by atoms with Crippen LogP contribution in [0.1, 0.15) is 61.7 Å². The number of fused-ring (bicyclic) bond motifs is 6. The van der Waals surface area contributed by atoms with Gasteiger partial charge in [-0.25, -0.2) is 0 Å². The average molecular weight is 474 g/mol. The number of hydrogen-bond donors (Lipinski definition) is 0. The van der Waals surface area contributed by atoms with Crippen molar-refractivity contribution in [3.63, 3.8) is 0 Å². The number of para-hydroxylation sites is 2. The number of hydrogen-bond acceptors (Lipinski definition) is 3. The van der Waals surface area contributed by atoms with Crippen LogP contribution in [-0.4, -0.2) is 16.1 Å². The summed E-state index contributed by atoms with van der Waals surface area (Å²) in [6.45, 7) is 8.33. The van der Waals surface area contributed by atoms with E-state index in [1.807, 2.05) is 32.1 Å². The summed E-state index contributed by atoms with van der Waals surface area (Å²) in [5, 5.41) is 3.66. The predicted molar refractivity (Wildman–Crippen MR) is 143 cm³/mol. The number of nitrogens with zero attached hydrogens (tertiary/aromatic N) is 1. The Morgan fingerprint density at radius 3 is 2.17 bits per heavy atom. The van der Waals surface area contributed by atoms with E-state index in [0.29, 0.717) is 11.1 Å². The van der Waals surface area contributed by atoms with Crippen LogP contribution < -0.4 is 0 Å². The first-order chi connectivity index (χ1) is 16.8. The largest absolute Gasteiger partial charge is 0.300 e. The molecule has 0 saturated heterocycles. The molecule has 0 fully saturated rings. The van der Waals surface area contributed by atoms with Crippen molar-refractivity contribution in [1.29, 1.82) is 0 Å². The van der Waals surface area contributed by atoms with Crippen LogP contribution in [0.5, 0.6) is 0 Å². The van der Waals surface area contributed by atoms with Gasteiger partial charge >= 0.3 is 0 Å². The molecule has 5 aromatic rings. The molecule has 0 atom stereocenters. The molecule has 2 aromatic heterocycles. The first-order valence-electron chi connectivity index (χ1n) is 11.9. The SMILES string of the molecule is Cc1ccc(C)c2c1C(=O)C(=Cc1cc3c(s1)-n1c4ccccc4c4cccc(c41)C3(C)C)C2=O. The second kappa shape index (κ2) is 6.67. The molecule has 1 aliphatic heterocycles. The highest BCUT2D eigenvalue weighted by atomic mass is 32.1. The van der Waals surface area contributed by atoms with E-state index in [0.717, 1.165) is 21.0 Å². The Labute approximate surface area is 207 Å². The van der Waals surface area contributed by atoms with Crippen LogP contribution in [0.4, 0.5) is 0 Å². The topological polar surface area (TPSA) is 39.1 Å². The Kier molecular flexibility index (Phi) is 3.93. The molecule has 0 spiro atoms. The smallest absolute Gasteiger partial charge is 0.198 e. The maximum atomic E-state index is 13.3. The lowest BCUT2D eigenvalue weighted by molar-refractivity contribution is 0.0990. The number of benzene rings is 3. The number of aromatic nitrogens is 1. The summed E-state index contributed by atoms with van der Waals surface area (Å²) in [6, 6.07) is 21.1. The van der Waals surface area contributed by atoms with Gasteiger partial charge < -0.3 is 4.57 Å². The van der Waals surface area contributed by atoms with Crippen LogP contribution in [-0.2, 0) is 5.41 Å². The van der Waals surface area contributed by atoms with Gasteiger partial charge in [0.15, 0.2) is 11.6 Å². The molecule has 35 heavy (non-hydrogen) atoms. The van der Waals surface area contributed by atoms with Gasteiger partial charge in [0.1, 0.15) is 5.00 Å². The molecule has 0 unspecified atom stereocenters. The Hall–Kier alpha value is -3.76. The molecule has 1 aliphatic carbocycles. The van der Waals surface area contributed by atoms with Gasteiger partial charge in [-0.15, -0.1) is 11.3 Å². The Morgan fingerprint density at radius 1 is 0.800 bits per heavy atom. The van der Waals surface area contributed by atoms with E-state index < -0.39 is 0 Å². The second-order valence-electron chi connectivity index (χ2n) is 10.2. The minimum absolute atomic E-state index is 0.158. The molecule has 170 valence electrons. The Bertz CT molecular complexity index is 1780. The number of carbonyl (C=O) groups excluding carboxylic acids is 2. The molecule has 0 N–H and O–H groups in total. The van der Waals surface area contributed by atoms with Crippen molar-refractivity contribution in [3.05, 3.63) is 104 Å². The number of aryl methyl sites for hydroxylation is 2. The molecule has 7 rings (SSSR count). The van der Waals surface area contributed by atoms with E-state index >= 15 is 0 Å². The summed E-state index contributed by atoms with van der Waals surface area (Å²) in [5.74, 6) is -0.317. The molecule has 2 aliphatic rings. The minimum Gasteiger partial charge on any atom is -0.300 e. The van der Waals surface area contributed by atoms with Crippen molar-refractivity contribution in [3.8, 4) is 5.00 Å². The zero-order valence-corrected chi connectivity index (χ0v) is 20.8. The third kappa shape index (κ3) is 2.50.